The quantitative estimate of drug-likeness (QED) is 0.769. The van der Waals surface area contributed by atoms with Crippen molar-refractivity contribution in [3.05, 3.63) is 59.4 Å². The van der Waals surface area contributed by atoms with Crippen LogP contribution in [-0.4, -0.2) is 42.5 Å². The molecule has 2 aromatic rings. The van der Waals surface area contributed by atoms with Gasteiger partial charge in [0, 0.05) is 24.2 Å². The summed E-state index contributed by atoms with van der Waals surface area (Å²) in [5.41, 5.74) is -0.367. The van der Waals surface area contributed by atoms with Crippen LogP contribution < -0.4 is 9.47 Å². The maximum Gasteiger partial charge on any atom is 0.183 e. The Morgan fingerprint density at radius 1 is 1.14 bits per heavy atom. The van der Waals surface area contributed by atoms with E-state index < -0.39 is 11.0 Å². The van der Waals surface area contributed by atoms with Crippen LogP contribution in [-0.2, 0) is 5.72 Å². The van der Waals surface area contributed by atoms with E-state index in [9.17, 15) is 9.50 Å². The lowest BCUT2D eigenvalue weighted by Gasteiger charge is -2.38. The van der Waals surface area contributed by atoms with Crippen LogP contribution >= 0.6 is 24.2 Å². The van der Waals surface area contributed by atoms with E-state index in [1.165, 1.54) is 17.8 Å². The van der Waals surface area contributed by atoms with Crippen LogP contribution in [0, 0.1) is 5.82 Å². The molecule has 1 saturated heterocycles. The number of aliphatic imine (C=N–C) groups is 1. The van der Waals surface area contributed by atoms with Crippen molar-refractivity contribution in [2.24, 2.45) is 4.99 Å². The highest BCUT2D eigenvalue weighted by Gasteiger charge is 2.54. The van der Waals surface area contributed by atoms with Crippen molar-refractivity contribution < 1.29 is 19.0 Å². The number of halogens is 2. The van der Waals surface area contributed by atoms with E-state index in [-0.39, 0.29) is 18.2 Å². The maximum absolute atomic E-state index is 14.7. The summed E-state index contributed by atoms with van der Waals surface area (Å²) in [4.78, 5) is 6.56. The monoisotopic (exact) mass is 438 g/mol. The molecule has 2 heterocycles. The molecule has 2 unspecified atom stereocenters. The van der Waals surface area contributed by atoms with Crippen LogP contribution in [0.15, 0.2) is 47.5 Å². The van der Waals surface area contributed by atoms with Gasteiger partial charge in [0.1, 0.15) is 5.82 Å². The standard InChI is InChI=1S/C21H23FN2O3S.ClH/c1-26-17-10-9-14(13-18(17)27-2)21(25)19(15-7-3-4-8-16(15)22)28-20-23-11-5-6-12-24(20)21;/h3-4,7-10,13,19,25H,5-6,11-12H2,1-2H3;1H. The fourth-order valence-electron chi connectivity index (χ4n) is 3.82. The Kier molecular flexibility index (Phi) is 6.61. The summed E-state index contributed by atoms with van der Waals surface area (Å²) in [6.45, 7) is 1.37. The molecule has 8 heteroatoms. The average Bonchev–Trinajstić information content (AvgIpc) is 2.87. The van der Waals surface area contributed by atoms with Gasteiger partial charge in [-0.2, -0.15) is 0 Å². The van der Waals surface area contributed by atoms with Crippen molar-refractivity contribution in [1.82, 2.24) is 4.90 Å². The minimum absolute atomic E-state index is 0. The number of aliphatic hydroxyl groups is 1. The summed E-state index contributed by atoms with van der Waals surface area (Å²) in [5.74, 6) is 0.760. The number of hydrogen-bond acceptors (Lipinski definition) is 6. The van der Waals surface area contributed by atoms with Crippen LogP contribution in [0.2, 0.25) is 0 Å². The second-order valence-corrected chi connectivity index (χ2v) is 7.91. The van der Waals surface area contributed by atoms with Gasteiger partial charge >= 0.3 is 0 Å². The van der Waals surface area contributed by atoms with Crippen molar-refractivity contribution in [3.63, 3.8) is 0 Å². The number of benzene rings is 2. The Bertz CT molecular complexity index is 913. The van der Waals surface area contributed by atoms with Gasteiger partial charge < -0.3 is 19.5 Å². The lowest BCUT2D eigenvalue weighted by atomic mass is 9.92. The summed E-state index contributed by atoms with van der Waals surface area (Å²) in [5, 5.41) is 12.3. The SMILES string of the molecule is COc1ccc(C2(O)C(c3ccccc3F)SC3=NCCCCN32)cc1OC.Cl. The number of thioether (sulfide) groups is 1. The summed E-state index contributed by atoms with van der Waals surface area (Å²) in [6.07, 6.45) is 1.88. The van der Waals surface area contributed by atoms with E-state index in [2.05, 4.69) is 4.99 Å². The predicted molar refractivity (Wildman–Crippen MR) is 116 cm³/mol. The van der Waals surface area contributed by atoms with Gasteiger partial charge in [0.2, 0.25) is 0 Å². The van der Waals surface area contributed by atoms with Gasteiger partial charge in [0.05, 0.1) is 19.5 Å². The molecule has 4 rings (SSSR count). The van der Waals surface area contributed by atoms with Gasteiger partial charge in [0.25, 0.3) is 0 Å². The van der Waals surface area contributed by atoms with Gasteiger partial charge in [-0.25, -0.2) is 4.39 Å². The van der Waals surface area contributed by atoms with Crippen LogP contribution in [0.1, 0.15) is 29.2 Å². The number of methoxy groups -OCH3 is 2. The molecule has 0 radical (unpaired) electrons. The molecule has 2 atom stereocenters. The second kappa shape index (κ2) is 8.81. The summed E-state index contributed by atoms with van der Waals surface area (Å²) >= 11 is 1.41. The summed E-state index contributed by atoms with van der Waals surface area (Å²) in [7, 11) is 3.13. The van der Waals surface area contributed by atoms with E-state index in [0.717, 1.165) is 18.0 Å². The van der Waals surface area contributed by atoms with E-state index in [0.29, 0.717) is 35.7 Å². The van der Waals surface area contributed by atoms with Crippen LogP contribution in [0.3, 0.4) is 0 Å². The van der Waals surface area contributed by atoms with Crippen molar-refractivity contribution in [2.45, 2.75) is 23.8 Å². The van der Waals surface area contributed by atoms with Gasteiger partial charge in [-0.3, -0.25) is 4.99 Å². The van der Waals surface area contributed by atoms with Crippen LogP contribution in [0.5, 0.6) is 11.5 Å². The first-order valence-corrected chi connectivity index (χ1v) is 10.2. The highest BCUT2D eigenvalue weighted by molar-refractivity contribution is 8.14. The third-order valence-corrected chi connectivity index (χ3v) is 6.64. The third-order valence-electron chi connectivity index (χ3n) is 5.26. The second-order valence-electron chi connectivity index (χ2n) is 6.84. The van der Waals surface area contributed by atoms with Crippen LogP contribution in [0.4, 0.5) is 4.39 Å². The van der Waals surface area contributed by atoms with Gasteiger partial charge in [-0.05, 0) is 31.0 Å². The number of hydrogen-bond donors (Lipinski definition) is 1. The van der Waals surface area contributed by atoms with Crippen LogP contribution in [0.25, 0.3) is 0 Å². The number of ether oxygens (including phenoxy) is 2. The van der Waals surface area contributed by atoms with Crippen molar-refractivity contribution in [3.8, 4) is 11.5 Å². The number of amidine groups is 1. The number of rotatable bonds is 4. The smallest absolute Gasteiger partial charge is 0.183 e. The number of nitrogens with zero attached hydrogens (tertiary/aromatic N) is 2. The molecule has 0 aliphatic carbocycles. The van der Waals surface area contributed by atoms with E-state index in [4.69, 9.17) is 9.47 Å². The molecule has 2 aromatic carbocycles. The summed E-state index contributed by atoms with van der Waals surface area (Å²) < 4.78 is 25.5. The Morgan fingerprint density at radius 2 is 1.90 bits per heavy atom. The van der Waals surface area contributed by atoms with E-state index in [1.54, 1.807) is 44.6 Å². The van der Waals surface area contributed by atoms with Gasteiger partial charge in [0.15, 0.2) is 22.4 Å². The molecule has 0 spiro atoms. The third kappa shape index (κ3) is 3.67. The zero-order valence-corrected chi connectivity index (χ0v) is 17.9. The maximum atomic E-state index is 14.7. The van der Waals surface area contributed by atoms with Gasteiger partial charge in [-0.15, -0.1) is 12.4 Å². The molecule has 1 N–H and O–H groups in total. The minimum Gasteiger partial charge on any atom is -0.493 e. The molecular formula is C21H24ClFN2O3S. The number of fused-ring (bicyclic) bond motifs is 1. The molecule has 2 aliphatic heterocycles. The predicted octanol–water partition coefficient (Wildman–Crippen LogP) is 4.35. The Hall–Kier alpha value is -1.96. The minimum atomic E-state index is -1.45. The topological polar surface area (TPSA) is 54.3 Å². The Morgan fingerprint density at radius 3 is 2.62 bits per heavy atom. The molecule has 156 valence electrons. The molecule has 0 amide bonds. The fraction of sp³-hybridized carbons (Fsp3) is 0.381. The molecular weight excluding hydrogens is 415 g/mol. The zero-order chi connectivity index (χ0) is 19.7. The van der Waals surface area contributed by atoms with Crippen molar-refractivity contribution >= 4 is 29.3 Å². The normalized spacial score (nSPS) is 23.5. The lowest BCUT2D eigenvalue weighted by Crippen LogP contribution is -2.46. The Balaban J connectivity index is 0.00000240. The molecule has 0 aromatic heterocycles. The molecule has 1 fully saturated rings. The van der Waals surface area contributed by atoms with Gasteiger partial charge in [-0.1, -0.05) is 36.0 Å². The highest BCUT2D eigenvalue weighted by atomic mass is 35.5. The molecule has 29 heavy (non-hydrogen) atoms. The highest BCUT2D eigenvalue weighted by Crippen LogP contribution is 2.55. The van der Waals surface area contributed by atoms with E-state index >= 15 is 0 Å². The zero-order valence-electron chi connectivity index (χ0n) is 16.3. The van der Waals surface area contributed by atoms with E-state index in [1.807, 2.05) is 11.0 Å². The van der Waals surface area contributed by atoms with Crippen molar-refractivity contribution in [2.75, 3.05) is 27.3 Å². The first kappa shape index (κ1) is 21.7. The first-order valence-electron chi connectivity index (χ1n) is 9.27. The summed E-state index contributed by atoms with van der Waals surface area (Å²) in [6, 6.07) is 11.9. The largest absolute Gasteiger partial charge is 0.493 e. The Labute approximate surface area is 180 Å². The molecule has 5 nitrogen and oxygen atoms in total. The lowest BCUT2D eigenvalue weighted by molar-refractivity contribution is -0.0718. The van der Waals surface area contributed by atoms with Crippen molar-refractivity contribution in [1.29, 1.82) is 0 Å². The average molecular weight is 439 g/mol. The fourth-order valence-corrected chi connectivity index (χ4v) is 5.30. The molecule has 0 bridgehead atoms. The molecule has 0 saturated carbocycles. The molecule has 2 aliphatic rings. The first-order chi connectivity index (χ1) is 13.6.